The second-order valence-electron chi connectivity index (χ2n) is 11.5. The second kappa shape index (κ2) is 10.9. The summed E-state index contributed by atoms with van der Waals surface area (Å²) in [4.78, 5) is 31.9. The van der Waals surface area contributed by atoms with Crippen LogP contribution >= 0.6 is 11.3 Å². The molecule has 4 heterocycles. The molecule has 0 aromatic carbocycles. The van der Waals surface area contributed by atoms with E-state index in [1.807, 2.05) is 32.7 Å². The van der Waals surface area contributed by atoms with Crippen LogP contribution in [0.3, 0.4) is 0 Å². The van der Waals surface area contributed by atoms with Crippen molar-refractivity contribution in [2.75, 3.05) is 37.4 Å². The van der Waals surface area contributed by atoms with Gasteiger partial charge in [-0.05, 0) is 61.0 Å². The number of nitrogens with zero attached hydrogens (tertiary/aromatic N) is 5. The van der Waals surface area contributed by atoms with Gasteiger partial charge in [-0.25, -0.2) is 15.0 Å². The molecule has 2 aliphatic rings. The number of hydrogen-bond acceptors (Lipinski definition) is 7. The summed E-state index contributed by atoms with van der Waals surface area (Å²) in [6.07, 6.45) is 12.8. The quantitative estimate of drug-likeness (QED) is 0.390. The van der Waals surface area contributed by atoms with Crippen molar-refractivity contribution in [3.05, 3.63) is 35.1 Å². The van der Waals surface area contributed by atoms with E-state index >= 15 is 0 Å². The molecule has 3 aromatic rings. The number of nitrogens with one attached hydrogen (secondary N) is 1. The minimum atomic E-state index is 0.0840. The molecule has 0 atom stereocenters. The lowest BCUT2D eigenvalue weighted by Gasteiger charge is -2.34. The topological polar surface area (TPSA) is 74.2 Å². The lowest BCUT2D eigenvalue weighted by Crippen LogP contribution is -2.35. The van der Waals surface area contributed by atoms with Crippen LogP contribution in [0.1, 0.15) is 80.4 Å². The van der Waals surface area contributed by atoms with E-state index in [0.717, 1.165) is 64.3 Å². The van der Waals surface area contributed by atoms with Crippen LogP contribution in [0.25, 0.3) is 10.1 Å². The van der Waals surface area contributed by atoms with Gasteiger partial charge in [-0.15, -0.1) is 11.3 Å². The van der Waals surface area contributed by atoms with Crippen LogP contribution in [-0.4, -0.2) is 52.9 Å². The molecule has 8 heteroatoms. The summed E-state index contributed by atoms with van der Waals surface area (Å²) in [5, 5.41) is 4.44. The summed E-state index contributed by atoms with van der Waals surface area (Å²) >= 11 is 1.57. The monoisotopic (exact) mass is 520 g/mol. The molecule has 1 aliphatic carbocycles. The molecule has 5 rings (SSSR count). The van der Waals surface area contributed by atoms with Crippen LogP contribution in [0.4, 0.5) is 17.5 Å². The molecule has 1 aliphatic heterocycles. The van der Waals surface area contributed by atoms with Crippen LogP contribution in [0, 0.1) is 17.8 Å². The first kappa shape index (κ1) is 25.9. The van der Waals surface area contributed by atoms with Crippen LogP contribution in [0.15, 0.2) is 24.7 Å². The summed E-state index contributed by atoms with van der Waals surface area (Å²) in [5.74, 6) is 4.07. The zero-order valence-electron chi connectivity index (χ0n) is 22.8. The summed E-state index contributed by atoms with van der Waals surface area (Å²) in [6, 6.07) is 2.08. The first-order chi connectivity index (χ1) is 17.8. The number of hydrogen-bond donors (Lipinski definition) is 1. The van der Waals surface area contributed by atoms with E-state index in [1.165, 1.54) is 31.2 Å². The summed E-state index contributed by atoms with van der Waals surface area (Å²) in [6.45, 7) is 9.10. The van der Waals surface area contributed by atoms with E-state index in [1.54, 1.807) is 16.2 Å². The number of pyridine rings is 1. The standard InChI is InChI=1S/C29H40N6OS/c1-18(2)20-10-12-35(13-11-20)22-15-31-29(32-16-22)33-25-14-23-24(17-30-25)37-27(28(36)34(4)5)26(23)21-8-6-19(3)7-9-21/h14-21H,6-13H2,1-5H3,(H,30,31,32,33). The van der Waals surface area contributed by atoms with Crippen molar-refractivity contribution < 1.29 is 4.79 Å². The van der Waals surface area contributed by atoms with Crippen molar-refractivity contribution in [3.63, 3.8) is 0 Å². The lowest BCUT2D eigenvalue weighted by molar-refractivity contribution is 0.0830. The maximum Gasteiger partial charge on any atom is 0.263 e. The Balaban J connectivity index is 1.37. The Morgan fingerprint density at radius 3 is 2.32 bits per heavy atom. The zero-order chi connectivity index (χ0) is 26.1. The average Bonchev–Trinajstić information content (AvgIpc) is 3.28. The van der Waals surface area contributed by atoms with Crippen molar-refractivity contribution in [2.45, 2.75) is 65.2 Å². The Hall–Kier alpha value is -2.74. The third-order valence-corrected chi connectivity index (χ3v) is 9.51. The predicted octanol–water partition coefficient (Wildman–Crippen LogP) is 6.70. The molecule has 37 heavy (non-hydrogen) atoms. The number of carbonyl (C=O) groups excluding carboxylic acids is 1. The third kappa shape index (κ3) is 5.59. The minimum Gasteiger partial charge on any atom is -0.369 e. The molecule has 1 amide bonds. The van der Waals surface area contributed by atoms with Crippen molar-refractivity contribution in [1.82, 2.24) is 19.9 Å². The van der Waals surface area contributed by atoms with E-state index in [9.17, 15) is 4.79 Å². The van der Waals surface area contributed by atoms with Crippen molar-refractivity contribution in [3.8, 4) is 0 Å². The van der Waals surface area contributed by atoms with Gasteiger partial charge in [0.25, 0.3) is 5.91 Å². The Kier molecular flexibility index (Phi) is 7.65. The second-order valence-corrected chi connectivity index (χ2v) is 12.6. The average molecular weight is 521 g/mol. The lowest BCUT2D eigenvalue weighted by atomic mass is 9.78. The molecule has 198 valence electrons. The van der Waals surface area contributed by atoms with Gasteiger partial charge in [0.2, 0.25) is 5.95 Å². The number of carbonyl (C=O) groups is 1. The van der Waals surface area contributed by atoms with Gasteiger partial charge in [-0.1, -0.05) is 33.6 Å². The fourth-order valence-electron chi connectivity index (χ4n) is 5.89. The molecule has 0 bridgehead atoms. The third-order valence-electron chi connectivity index (χ3n) is 8.36. The maximum atomic E-state index is 13.1. The molecule has 7 nitrogen and oxygen atoms in total. The van der Waals surface area contributed by atoms with Crippen LogP contribution < -0.4 is 10.2 Å². The Labute approximate surface area is 224 Å². The van der Waals surface area contributed by atoms with E-state index in [4.69, 9.17) is 0 Å². The smallest absolute Gasteiger partial charge is 0.263 e. The normalized spacial score (nSPS) is 21.0. The fraction of sp³-hybridized carbons (Fsp3) is 0.586. The molecular formula is C29H40N6OS. The van der Waals surface area contributed by atoms with Crippen LogP contribution in [-0.2, 0) is 0 Å². The number of fused-ring (bicyclic) bond motifs is 1. The van der Waals surface area contributed by atoms with Gasteiger partial charge in [-0.2, -0.15) is 0 Å². The van der Waals surface area contributed by atoms with Gasteiger partial charge in [0.1, 0.15) is 5.82 Å². The first-order valence-corrected chi connectivity index (χ1v) is 14.6. The zero-order valence-corrected chi connectivity index (χ0v) is 23.6. The summed E-state index contributed by atoms with van der Waals surface area (Å²) in [5.41, 5.74) is 2.28. The number of rotatable bonds is 6. The van der Waals surface area contributed by atoms with Crippen LogP contribution in [0.5, 0.6) is 0 Å². The number of aromatic nitrogens is 3. The maximum absolute atomic E-state index is 13.1. The van der Waals surface area contributed by atoms with Crippen molar-refractivity contribution in [1.29, 1.82) is 0 Å². The van der Waals surface area contributed by atoms with Gasteiger partial charge in [0.15, 0.2) is 0 Å². The van der Waals surface area contributed by atoms with Gasteiger partial charge in [0, 0.05) is 38.8 Å². The fourth-order valence-corrected chi connectivity index (χ4v) is 7.15. The summed E-state index contributed by atoms with van der Waals surface area (Å²) in [7, 11) is 3.66. The highest BCUT2D eigenvalue weighted by Gasteiger charge is 2.29. The molecular weight excluding hydrogens is 480 g/mol. The number of anilines is 3. The first-order valence-electron chi connectivity index (χ1n) is 13.8. The molecule has 1 N–H and O–H groups in total. The molecule has 1 saturated heterocycles. The predicted molar refractivity (Wildman–Crippen MR) is 153 cm³/mol. The number of amides is 1. The molecule has 2 fully saturated rings. The van der Waals surface area contributed by atoms with Crippen molar-refractivity contribution in [2.24, 2.45) is 17.8 Å². The molecule has 1 saturated carbocycles. The van der Waals surface area contributed by atoms with E-state index in [-0.39, 0.29) is 5.91 Å². The Morgan fingerprint density at radius 1 is 1.03 bits per heavy atom. The van der Waals surface area contributed by atoms with Gasteiger partial charge < -0.3 is 15.1 Å². The van der Waals surface area contributed by atoms with Crippen molar-refractivity contribution >= 4 is 44.8 Å². The van der Waals surface area contributed by atoms with E-state index < -0.39 is 0 Å². The molecule has 0 unspecified atom stereocenters. The minimum absolute atomic E-state index is 0.0840. The highest BCUT2D eigenvalue weighted by molar-refractivity contribution is 7.21. The highest BCUT2D eigenvalue weighted by atomic mass is 32.1. The number of thiophene rings is 1. The largest absolute Gasteiger partial charge is 0.369 e. The molecule has 0 spiro atoms. The SMILES string of the molecule is CC1CCC(c2c(C(=O)N(C)C)sc3cnc(Nc4ncc(N5CCC(C(C)C)CC5)cn4)cc23)CC1. The Bertz CT molecular complexity index is 1220. The molecule has 0 radical (unpaired) electrons. The summed E-state index contributed by atoms with van der Waals surface area (Å²) < 4.78 is 1.06. The van der Waals surface area contributed by atoms with Gasteiger partial charge in [-0.3, -0.25) is 4.79 Å². The van der Waals surface area contributed by atoms with E-state index in [0.29, 0.717) is 17.7 Å². The van der Waals surface area contributed by atoms with Crippen LogP contribution in [0.2, 0.25) is 0 Å². The highest BCUT2D eigenvalue weighted by Crippen LogP contribution is 2.44. The van der Waals surface area contributed by atoms with Gasteiger partial charge in [0.05, 0.1) is 27.7 Å². The van der Waals surface area contributed by atoms with E-state index in [2.05, 4.69) is 52.0 Å². The van der Waals surface area contributed by atoms with Gasteiger partial charge >= 0.3 is 0 Å². The number of piperidine rings is 1. The Morgan fingerprint density at radius 2 is 1.70 bits per heavy atom. The molecule has 3 aromatic heterocycles.